The highest BCUT2D eigenvalue weighted by molar-refractivity contribution is 6.17. The van der Waals surface area contributed by atoms with Crippen LogP contribution in [0.5, 0.6) is 0 Å². The zero-order valence-corrected chi connectivity index (χ0v) is 9.15. The molecule has 0 aromatic heterocycles. The Hall–Kier alpha value is -1.15. The Labute approximate surface area is 97.7 Å². The van der Waals surface area contributed by atoms with Crippen LogP contribution in [0, 0.1) is 17.1 Å². The van der Waals surface area contributed by atoms with Crippen LogP contribution in [-0.2, 0) is 0 Å². The van der Waals surface area contributed by atoms with E-state index in [1.165, 1.54) is 12.1 Å². The highest BCUT2D eigenvalue weighted by Gasteiger charge is 2.21. The van der Waals surface area contributed by atoms with Crippen LogP contribution >= 0.6 is 11.6 Å². The van der Waals surface area contributed by atoms with Gasteiger partial charge in [0.15, 0.2) is 0 Å². The number of hydrogen-bond acceptors (Lipinski definition) is 3. The molecule has 5 heteroatoms. The Morgan fingerprint density at radius 2 is 2.12 bits per heavy atom. The summed E-state index contributed by atoms with van der Waals surface area (Å²) in [7, 11) is 0. The minimum atomic E-state index is -1.37. The monoisotopic (exact) mass is 243 g/mol. The fourth-order valence-electron chi connectivity index (χ4n) is 1.32. The van der Waals surface area contributed by atoms with E-state index in [-0.39, 0.29) is 23.4 Å². The van der Waals surface area contributed by atoms with E-state index in [1.54, 1.807) is 0 Å². The van der Waals surface area contributed by atoms with Crippen molar-refractivity contribution < 1.29 is 14.6 Å². The topological polar surface area (TPSA) is 64.2 Å². The van der Waals surface area contributed by atoms with Crippen LogP contribution in [-0.4, -0.2) is 22.2 Å². The lowest BCUT2D eigenvalue weighted by Gasteiger charge is -2.17. The van der Waals surface area contributed by atoms with Crippen LogP contribution in [0.3, 0.4) is 0 Å². The van der Waals surface area contributed by atoms with Gasteiger partial charge in [0.25, 0.3) is 0 Å². The number of halogens is 2. The standard InChI is InChI=1S/C11H11ClFNO2/c12-4-3-10(15)11(16)8-5-7(6-14)1-2-9(8)13/h1-2,5,10-11,15-16H,3-4H2. The molecule has 2 N–H and O–H groups in total. The summed E-state index contributed by atoms with van der Waals surface area (Å²) in [5, 5.41) is 27.8. The molecule has 3 nitrogen and oxygen atoms in total. The second kappa shape index (κ2) is 5.80. The summed E-state index contributed by atoms with van der Waals surface area (Å²) < 4.78 is 13.3. The summed E-state index contributed by atoms with van der Waals surface area (Å²) in [5.74, 6) is -0.488. The van der Waals surface area contributed by atoms with Gasteiger partial charge in [0.1, 0.15) is 11.9 Å². The Balaban J connectivity index is 2.98. The molecule has 0 saturated heterocycles. The van der Waals surface area contributed by atoms with Crippen molar-refractivity contribution in [3.05, 3.63) is 35.1 Å². The molecule has 2 atom stereocenters. The summed E-state index contributed by atoms with van der Waals surface area (Å²) in [6.07, 6.45) is -2.35. The Morgan fingerprint density at radius 3 is 2.69 bits per heavy atom. The maximum absolute atomic E-state index is 13.3. The van der Waals surface area contributed by atoms with Crippen molar-refractivity contribution in [1.29, 1.82) is 5.26 Å². The quantitative estimate of drug-likeness (QED) is 0.792. The molecular weight excluding hydrogens is 233 g/mol. The number of nitrogens with zero attached hydrogens (tertiary/aromatic N) is 1. The third-order valence-corrected chi connectivity index (χ3v) is 2.43. The Kier molecular flexibility index (Phi) is 4.69. The number of aliphatic hydroxyl groups is 2. The first kappa shape index (κ1) is 12.9. The number of benzene rings is 1. The largest absolute Gasteiger partial charge is 0.390 e. The highest BCUT2D eigenvalue weighted by atomic mass is 35.5. The third-order valence-electron chi connectivity index (χ3n) is 2.21. The van der Waals surface area contributed by atoms with Gasteiger partial charge in [-0.2, -0.15) is 5.26 Å². The smallest absolute Gasteiger partial charge is 0.129 e. The maximum Gasteiger partial charge on any atom is 0.129 e. The average molecular weight is 244 g/mol. The van der Waals surface area contributed by atoms with E-state index in [4.69, 9.17) is 16.9 Å². The van der Waals surface area contributed by atoms with E-state index in [0.717, 1.165) is 6.07 Å². The summed E-state index contributed by atoms with van der Waals surface area (Å²) in [5.41, 5.74) is 0.144. The first-order valence-electron chi connectivity index (χ1n) is 4.71. The molecule has 0 aliphatic carbocycles. The molecule has 2 unspecified atom stereocenters. The molecule has 0 saturated carbocycles. The van der Waals surface area contributed by atoms with E-state index < -0.39 is 18.0 Å². The van der Waals surface area contributed by atoms with Gasteiger partial charge in [-0.25, -0.2) is 4.39 Å². The van der Waals surface area contributed by atoms with Gasteiger partial charge in [0, 0.05) is 11.4 Å². The molecule has 0 bridgehead atoms. The van der Waals surface area contributed by atoms with E-state index in [0.29, 0.717) is 0 Å². The number of hydrogen-bond donors (Lipinski definition) is 2. The molecule has 0 aliphatic rings. The fourth-order valence-corrected chi connectivity index (χ4v) is 1.54. The molecular formula is C11H11ClFNO2. The molecule has 1 aromatic rings. The van der Waals surface area contributed by atoms with Gasteiger partial charge < -0.3 is 10.2 Å². The van der Waals surface area contributed by atoms with Gasteiger partial charge in [0.05, 0.1) is 17.7 Å². The maximum atomic E-state index is 13.3. The highest BCUT2D eigenvalue weighted by Crippen LogP contribution is 2.23. The van der Waals surface area contributed by atoms with Crippen molar-refractivity contribution in [1.82, 2.24) is 0 Å². The van der Waals surface area contributed by atoms with Crippen LogP contribution in [0.15, 0.2) is 18.2 Å². The molecule has 0 amide bonds. The minimum Gasteiger partial charge on any atom is -0.390 e. The lowest BCUT2D eigenvalue weighted by atomic mass is 10.0. The van der Waals surface area contributed by atoms with Gasteiger partial charge in [-0.05, 0) is 24.6 Å². The number of aliphatic hydroxyl groups excluding tert-OH is 2. The second-order valence-electron chi connectivity index (χ2n) is 3.34. The van der Waals surface area contributed by atoms with Gasteiger partial charge in [-0.15, -0.1) is 11.6 Å². The van der Waals surface area contributed by atoms with E-state index >= 15 is 0 Å². The number of nitriles is 1. The van der Waals surface area contributed by atoms with Gasteiger partial charge in [-0.1, -0.05) is 0 Å². The SMILES string of the molecule is N#Cc1ccc(F)c(C(O)C(O)CCCl)c1. The predicted octanol–water partition coefficient (Wildman–Crippen LogP) is 1.72. The minimum absolute atomic E-state index is 0.0864. The molecule has 0 fully saturated rings. The molecule has 16 heavy (non-hydrogen) atoms. The Morgan fingerprint density at radius 1 is 1.44 bits per heavy atom. The van der Waals surface area contributed by atoms with E-state index in [2.05, 4.69) is 0 Å². The van der Waals surface area contributed by atoms with Gasteiger partial charge in [0.2, 0.25) is 0 Å². The van der Waals surface area contributed by atoms with Crippen LogP contribution in [0.2, 0.25) is 0 Å². The van der Waals surface area contributed by atoms with Gasteiger partial charge in [-0.3, -0.25) is 0 Å². The molecule has 1 rings (SSSR count). The van der Waals surface area contributed by atoms with Crippen molar-refractivity contribution in [2.24, 2.45) is 0 Å². The number of rotatable bonds is 4. The third kappa shape index (κ3) is 2.92. The summed E-state index contributed by atoms with van der Waals surface area (Å²) in [6.45, 7) is 0. The fraction of sp³-hybridized carbons (Fsp3) is 0.364. The molecule has 0 aliphatic heterocycles. The van der Waals surface area contributed by atoms with Crippen molar-refractivity contribution in [2.45, 2.75) is 18.6 Å². The Bertz CT molecular complexity index is 405. The summed E-state index contributed by atoms with van der Waals surface area (Å²) in [6, 6.07) is 5.45. The zero-order chi connectivity index (χ0) is 12.1. The molecule has 0 heterocycles. The average Bonchev–Trinajstić information content (AvgIpc) is 2.29. The van der Waals surface area contributed by atoms with Crippen molar-refractivity contribution >= 4 is 11.6 Å². The van der Waals surface area contributed by atoms with Crippen LogP contribution in [0.4, 0.5) is 4.39 Å². The van der Waals surface area contributed by atoms with Crippen molar-refractivity contribution in [3.8, 4) is 6.07 Å². The van der Waals surface area contributed by atoms with E-state index in [1.807, 2.05) is 6.07 Å². The van der Waals surface area contributed by atoms with Crippen molar-refractivity contribution in [3.63, 3.8) is 0 Å². The summed E-state index contributed by atoms with van der Waals surface area (Å²) in [4.78, 5) is 0. The number of alkyl halides is 1. The second-order valence-corrected chi connectivity index (χ2v) is 3.72. The van der Waals surface area contributed by atoms with Gasteiger partial charge >= 0.3 is 0 Å². The first-order valence-corrected chi connectivity index (χ1v) is 5.25. The first-order chi connectivity index (χ1) is 7.60. The normalized spacial score (nSPS) is 14.2. The zero-order valence-electron chi connectivity index (χ0n) is 8.40. The lowest BCUT2D eigenvalue weighted by Crippen LogP contribution is -2.19. The van der Waals surface area contributed by atoms with Crippen molar-refractivity contribution in [2.75, 3.05) is 5.88 Å². The summed E-state index contributed by atoms with van der Waals surface area (Å²) >= 11 is 5.41. The predicted molar refractivity (Wildman–Crippen MR) is 57.4 cm³/mol. The molecule has 86 valence electrons. The molecule has 0 radical (unpaired) electrons. The van der Waals surface area contributed by atoms with Crippen LogP contribution < -0.4 is 0 Å². The lowest BCUT2D eigenvalue weighted by molar-refractivity contribution is 0.0149. The molecule has 1 aromatic carbocycles. The van der Waals surface area contributed by atoms with Crippen LogP contribution in [0.1, 0.15) is 23.7 Å². The van der Waals surface area contributed by atoms with E-state index in [9.17, 15) is 14.6 Å². The van der Waals surface area contributed by atoms with Crippen LogP contribution in [0.25, 0.3) is 0 Å². The molecule has 0 spiro atoms.